The lowest BCUT2D eigenvalue weighted by atomic mass is 9.83. The zero-order valence-electron chi connectivity index (χ0n) is 12.0. The number of likely N-dealkylation sites (tertiary alicyclic amines) is 1. The highest BCUT2D eigenvalue weighted by Crippen LogP contribution is 2.30. The van der Waals surface area contributed by atoms with Crippen LogP contribution < -0.4 is 11.1 Å². The Labute approximate surface area is 110 Å². The van der Waals surface area contributed by atoms with Crippen LogP contribution in [0.1, 0.15) is 46.5 Å². The minimum absolute atomic E-state index is 0.224. The van der Waals surface area contributed by atoms with Gasteiger partial charge in [-0.25, -0.2) is 0 Å². The SMILES string of the molecule is CC1(C)CCCN(CC(C)(NC2CC2)C(N)=O)C1. The summed E-state index contributed by atoms with van der Waals surface area (Å²) in [6, 6.07) is 0.500. The predicted octanol–water partition coefficient (Wildman–Crippen LogP) is 1.10. The van der Waals surface area contributed by atoms with Gasteiger partial charge in [0.05, 0.1) is 0 Å². The Morgan fingerprint density at radius 1 is 1.50 bits per heavy atom. The molecule has 1 atom stereocenters. The van der Waals surface area contributed by atoms with Gasteiger partial charge in [0.1, 0.15) is 5.54 Å². The van der Waals surface area contributed by atoms with Crippen LogP contribution in [-0.2, 0) is 4.79 Å². The molecule has 1 aliphatic heterocycles. The summed E-state index contributed by atoms with van der Waals surface area (Å²) >= 11 is 0. The molecule has 3 N–H and O–H groups in total. The normalized spacial score (nSPS) is 27.7. The second kappa shape index (κ2) is 4.82. The first kappa shape index (κ1) is 13.8. The van der Waals surface area contributed by atoms with Crippen molar-refractivity contribution in [2.24, 2.45) is 11.1 Å². The molecule has 1 amide bonds. The molecule has 0 spiro atoms. The molecule has 1 saturated heterocycles. The Bertz CT molecular complexity index is 325. The lowest BCUT2D eigenvalue weighted by Gasteiger charge is -2.42. The van der Waals surface area contributed by atoms with Crippen molar-refractivity contribution in [1.82, 2.24) is 10.2 Å². The molecular formula is C14H27N3O. The van der Waals surface area contributed by atoms with Crippen molar-refractivity contribution in [1.29, 1.82) is 0 Å². The number of rotatable bonds is 5. The Morgan fingerprint density at radius 3 is 2.67 bits per heavy atom. The minimum atomic E-state index is -0.575. The van der Waals surface area contributed by atoms with Gasteiger partial charge in [-0.1, -0.05) is 13.8 Å². The molecule has 1 aliphatic carbocycles. The molecule has 0 radical (unpaired) electrons. The summed E-state index contributed by atoms with van der Waals surface area (Å²) in [5.74, 6) is -0.224. The summed E-state index contributed by atoms with van der Waals surface area (Å²) in [6.45, 7) is 9.43. The Hall–Kier alpha value is -0.610. The number of primary amides is 1. The number of carbonyl (C=O) groups is 1. The molecule has 0 aromatic heterocycles. The van der Waals surface area contributed by atoms with Crippen molar-refractivity contribution in [3.8, 4) is 0 Å². The van der Waals surface area contributed by atoms with E-state index in [1.165, 1.54) is 25.7 Å². The van der Waals surface area contributed by atoms with Gasteiger partial charge in [0.2, 0.25) is 5.91 Å². The highest BCUT2D eigenvalue weighted by Gasteiger charge is 2.39. The van der Waals surface area contributed by atoms with E-state index in [4.69, 9.17) is 5.73 Å². The van der Waals surface area contributed by atoms with Crippen molar-refractivity contribution in [2.75, 3.05) is 19.6 Å². The maximum atomic E-state index is 11.8. The lowest BCUT2D eigenvalue weighted by Crippen LogP contribution is -2.61. The fraction of sp³-hybridized carbons (Fsp3) is 0.929. The molecule has 0 aromatic carbocycles. The highest BCUT2D eigenvalue weighted by molar-refractivity contribution is 5.84. The third-order valence-corrected chi connectivity index (χ3v) is 4.16. The summed E-state index contributed by atoms with van der Waals surface area (Å²) in [5.41, 5.74) is 5.39. The first-order chi connectivity index (χ1) is 8.31. The van der Waals surface area contributed by atoms with Crippen LogP contribution >= 0.6 is 0 Å². The van der Waals surface area contributed by atoms with E-state index in [1.54, 1.807) is 0 Å². The van der Waals surface area contributed by atoms with E-state index in [0.29, 0.717) is 11.5 Å². The number of amides is 1. The molecule has 4 heteroatoms. The molecular weight excluding hydrogens is 226 g/mol. The van der Waals surface area contributed by atoms with E-state index in [1.807, 2.05) is 6.92 Å². The van der Waals surface area contributed by atoms with E-state index < -0.39 is 5.54 Å². The van der Waals surface area contributed by atoms with Gasteiger partial charge in [0.15, 0.2) is 0 Å². The number of nitrogens with one attached hydrogen (secondary N) is 1. The van der Waals surface area contributed by atoms with Gasteiger partial charge < -0.3 is 10.6 Å². The van der Waals surface area contributed by atoms with Crippen molar-refractivity contribution >= 4 is 5.91 Å². The minimum Gasteiger partial charge on any atom is -0.368 e. The fourth-order valence-electron chi connectivity index (χ4n) is 3.00. The van der Waals surface area contributed by atoms with Gasteiger partial charge in [-0.05, 0) is 44.6 Å². The summed E-state index contributed by atoms with van der Waals surface area (Å²) in [4.78, 5) is 14.1. The average molecular weight is 253 g/mol. The van der Waals surface area contributed by atoms with Gasteiger partial charge in [0, 0.05) is 19.1 Å². The molecule has 2 rings (SSSR count). The van der Waals surface area contributed by atoms with Crippen LogP contribution in [0.2, 0.25) is 0 Å². The van der Waals surface area contributed by atoms with E-state index >= 15 is 0 Å². The Morgan fingerprint density at radius 2 is 2.17 bits per heavy atom. The van der Waals surface area contributed by atoms with Crippen molar-refractivity contribution < 1.29 is 4.79 Å². The topological polar surface area (TPSA) is 58.4 Å². The van der Waals surface area contributed by atoms with Crippen LogP contribution in [0.15, 0.2) is 0 Å². The summed E-state index contributed by atoms with van der Waals surface area (Å²) in [5, 5.41) is 3.43. The van der Waals surface area contributed by atoms with E-state index in [-0.39, 0.29) is 5.91 Å². The van der Waals surface area contributed by atoms with Crippen molar-refractivity contribution in [3.05, 3.63) is 0 Å². The third kappa shape index (κ3) is 3.45. The lowest BCUT2D eigenvalue weighted by molar-refractivity contribution is -0.125. The quantitative estimate of drug-likeness (QED) is 0.771. The Kier molecular flexibility index (Phi) is 3.70. The van der Waals surface area contributed by atoms with Crippen LogP contribution in [0.3, 0.4) is 0 Å². The van der Waals surface area contributed by atoms with E-state index in [9.17, 15) is 4.79 Å². The van der Waals surface area contributed by atoms with Crippen LogP contribution in [-0.4, -0.2) is 42.0 Å². The van der Waals surface area contributed by atoms with E-state index in [2.05, 4.69) is 24.1 Å². The van der Waals surface area contributed by atoms with Gasteiger partial charge in [-0.15, -0.1) is 0 Å². The predicted molar refractivity (Wildman–Crippen MR) is 73.2 cm³/mol. The van der Waals surface area contributed by atoms with Crippen molar-refractivity contribution in [2.45, 2.75) is 58.0 Å². The summed E-state index contributed by atoms with van der Waals surface area (Å²) in [6.07, 6.45) is 4.83. The van der Waals surface area contributed by atoms with Gasteiger partial charge in [0.25, 0.3) is 0 Å². The van der Waals surface area contributed by atoms with Gasteiger partial charge >= 0.3 is 0 Å². The molecule has 1 unspecified atom stereocenters. The highest BCUT2D eigenvalue weighted by atomic mass is 16.1. The summed E-state index contributed by atoms with van der Waals surface area (Å²) < 4.78 is 0. The molecule has 104 valence electrons. The maximum Gasteiger partial charge on any atom is 0.238 e. The Balaban J connectivity index is 1.97. The maximum absolute atomic E-state index is 11.8. The van der Waals surface area contributed by atoms with Crippen LogP contribution in [0, 0.1) is 5.41 Å². The molecule has 1 heterocycles. The van der Waals surface area contributed by atoms with Crippen LogP contribution in [0.4, 0.5) is 0 Å². The number of nitrogens with two attached hydrogens (primary N) is 1. The molecule has 18 heavy (non-hydrogen) atoms. The molecule has 0 aromatic rings. The largest absolute Gasteiger partial charge is 0.368 e. The first-order valence-electron chi connectivity index (χ1n) is 7.11. The standard InChI is InChI=1S/C14H27N3O/c1-13(2)7-4-8-17(9-13)10-14(3,12(15)18)16-11-5-6-11/h11,16H,4-10H2,1-3H3,(H2,15,18). The van der Waals surface area contributed by atoms with Gasteiger partial charge in [-0.2, -0.15) is 0 Å². The molecule has 0 bridgehead atoms. The molecule has 2 aliphatic rings. The van der Waals surface area contributed by atoms with Crippen LogP contribution in [0.25, 0.3) is 0 Å². The zero-order valence-corrected chi connectivity index (χ0v) is 12.0. The first-order valence-corrected chi connectivity index (χ1v) is 7.11. The average Bonchev–Trinajstić information content (AvgIpc) is 2.99. The molecule has 1 saturated carbocycles. The second-order valence-corrected chi connectivity index (χ2v) is 7.09. The smallest absolute Gasteiger partial charge is 0.238 e. The van der Waals surface area contributed by atoms with Gasteiger partial charge in [-0.3, -0.25) is 10.1 Å². The third-order valence-electron chi connectivity index (χ3n) is 4.16. The summed E-state index contributed by atoms with van der Waals surface area (Å²) in [7, 11) is 0. The second-order valence-electron chi connectivity index (χ2n) is 7.09. The number of hydrogen-bond acceptors (Lipinski definition) is 3. The number of carbonyl (C=O) groups excluding carboxylic acids is 1. The molecule has 4 nitrogen and oxygen atoms in total. The fourth-order valence-corrected chi connectivity index (χ4v) is 3.00. The van der Waals surface area contributed by atoms with Crippen LogP contribution in [0.5, 0.6) is 0 Å². The monoisotopic (exact) mass is 253 g/mol. The zero-order chi connectivity index (χ0) is 13.4. The van der Waals surface area contributed by atoms with Crippen molar-refractivity contribution in [3.63, 3.8) is 0 Å². The number of hydrogen-bond donors (Lipinski definition) is 2. The molecule has 2 fully saturated rings. The number of piperidine rings is 1. The number of nitrogens with zero attached hydrogens (tertiary/aromatic N) is 1. The van der Waals surface area contributed by atoms with E-state index in [0.717, 1.165) is 19.6 Å².